The summed E-state index contributed by atoms with van der Waals surface area (Å²) in [6, 6.07) is 15.1. The second-order valence-corrected chi connectivity index (χ2v) is 10.0. The van der Waals surface area contributed by atoms with Crippen molar-refractivity contribution in [3.8, 4) is 0 Å². The highest BCUT2D eigenvalue weighted by molar-refractivity contribution is 7.89. The molecule has 1 aliphatic carbocycles. The van der Waals surface area contributed by atoms with Gasteiger partial charge in [-0.25, -0.2) is 17.5 Å². The number of hydrogen-bond donors (Lipinski definition) is 3. The van der Waals surface area contributed by atoms with E-state index in [0.29, 0.717) is 11.4 Å². The molecule has 3 N–H and O–H groups in total. The fraction of sp³-hybridized carbons (Fsp3) is 0.240. The fourth-order valence-electron chi connectivity index (χ4n) is 3.54. The number of aromatic nitrogens is 1. The Morgan fingerprint density at radius 2 is 1.71 bits per heavy atom. The minimum absolute atomic E-state index is 0.0311. The third-order valence-corrected chi connectivity index (χ3v) is 7.26. The number of halogens is 1. The Kier molecular flexibility index (Phi) is 7.52. The minimum Gasteiger partial charge on any atom is -0.340 e. The maximum absolute atomic E-state index is 13.2. The molecule has 0 radical (unpaired) electrons. The van der Waals surface area contributed by atoms with Gasteiger partial charge in [0, 0.05) is 35.6 Å². The molecule has 3 aromatic rings. The van der Waals surface area contributed by atoms with Gasteiger partial charge in [-0.05, 0) is 73.5 Å². The number of carbonyl (C=O) groups is 2. The first-order chi connectivity index (χ1) is 16.8. The Morgan fingerprint density at radius 3 is 2.31 bits per heavy atom. The number of anilines is 1. The van der Waals surface area contributed by atoms with E-state index >= 15 is 0 Å². The monoisotopic (exact) mass is 496 g/mol. The molecule has 1 atom stereocenters. The van der Waals surface area contributed by atoms with E-state index in [1.54, 1.807) is 24.4 Å². The van der Waals surface area contributed by atoms with E-state index in [1.807, 2.05) is 0 Å². The Hall–Kier alpha value is -3.63. The zero-order chi connectivity index (χ0) is 24.8. The molecule has 0 saturated heterocycles. The molecule has 2 amide bonds. The van der Waals surface area contributed by atoms with Crippen molar-refractivity contribution in [3.63, 3.8) is 0 Å². The first-order valence-electron chi connectivity index (χ1n) is 11.2. The molecule has 8 nitrogen and oxygen atoms in total. The van der Waals surface area contributed by atoms with Crippen molar-refractivity contribution in [1.29, 1.82) is 0 Å². The number of nitrogens with zero attached hydrogens (tertiary/aromatic N) is 1. The smallest absolute Gasteiger partial charge is 0.251 e. The van der Waals surface area contributed by atoms with Gasteiger partial charge in [-0.15, -0.1) is 0 Å². The van der Waals surface area contributed by atoms with E-state index in [2.05, 4.69) is 20.3 Å². The Balaban J connectivity index is 1.47. The molecular formula is C25H25FN4O4S. The van der Waals surface area contributed by atoms with Crippen molar-refractivity contribution in [2.45, 2.75) is 42.7 Å². The molecule has 0 aliphatic heterocycles. The number of sulfonamides is 1. The van der Waals surface area contributed by atoms with E-state index in [1.165, 1.54) is 36.4 Å². The van der Waals surface area contributed by atoms with Gasteiger partial charge in [0.2, 0.25) is 15.9 Å². The Bertz CT molecular complexity index is 1280. The molecule has 0 bridgehead atoms. The van der Waals surface area contributed by atoms with Gasteiger partial charge in [-0.3, -0.25) is 14.6 Å². The second-order valence-electron chi connectivity index (χ2n) is 8.32. The number of rotatable bonds is 9. The van der Waals surface area contributed by atoms with Crippen molar-refractivity contribution >= 4 is 27.5 Å². The Morgan fingerprint density at radius 1 is 1.00 bits per heavy atom. The van der Waals surface area contributed by atoms with Crippen LogP contribution in [0.25, 0.3) is 0 Å². The summed E-state index contributed by atoms with van der Waals surface area (Å²) >= 11 is 0. The highest BCUT2D eigenvalue weighted by atomic mass is 32.2. The number of amides is 2. The standard InChI is InChI=1S/C25H25FN4O4S/c26-18-9-7-17(8-10-18)24(31)29-23(16-21-4-1-2-15-27-21)25(32)28-19-11-13-22(14-12-19)35(33,34)30-20-5-3-6-20/h1-2,4,7-15,20,23,30H,3,5-6,16H2,(H,28,32)(H,29,31)/t23-/m0/s1. The first-order valence-corrected chi connectivity index (χ1v) is 12.7. The van der Waals surface area contributed by atoms with Gasteiger partial charge >= 0.3 is 0 Å². The van der Waals surface area contributed by atoms with Crippen molar-refractivity contribution in [2.75, 3.05) is 5.32 Å². The van der Waals surface area contributed by atoms with Crippen LogP contribution >= 0.6 is 0 Å². The second kappa shape index (κ2) is 10.7. The molecule has 0 spiro atoms. The topological polar surface area (TPSA) is 117 Å². The third-order valence-electron chi connectivity index (χ3n) is 5.73. The summed E-state index contributed by atoms with van der Waals surface area (Å²) in [5.74, 6) is -1.52. The van der Waals surface area contributed by atoms with Crippen LogP contribution in [0.2, 0.25) is 0 Å². The summed E-state index contributed by atoms with van der Waals surface area (Å²) in [5.41, 5.74) is 1.17. The zero-order valence-corrected chi connectivity index (χ0v) is 19.6. The molecule has 1 saturated carbocycles. The van der Waals surface area contributed by atoms with Crippen molar-refractivity contribution < 1.29 is 22.4 Å². The number of benzene rings is 2. The fourth-order valence-corrected chi connectivity index (χ4v) is 4.85. The Labute approximate surface area is 203 Å². The van der Waals surface area contributed by atoms with Crippen LogP contribution in [0.1, 0.15) is 35.3 Å². The predicted octanol–water partition coefficient (Wildman–Crippen LogP) is 3.03. The van der Waals surface area contributed by atoms with Crippen LogP contribution in [0.5, 0.6) is 0 Å². The van der Waals surface area contributed by atoms with Crippen LogP contribution in [0.4, 0.5) is 10.1 Å². The van der Waals surface area contributed by atoms with Crippen LogP contribution in [0.15, 0.2) is 77.8 Å². The van der Waals surface area contributed by atoms with Crippen LogP contribution < -0.4 is 15.4 Å². The molecule has 1 heterocycles. The summed E-state index contributed by atoms with van der Waals surface area (Å²) in [5, 5.41) is 5.39. The number of carbonyl (C=O) groups excluding carboxylic acids is 2. The van der Waals surface area contributed by atoms with Crippen molar-refractivity contribution in [2.24, 2.45) is 0 Å². The SMILES string of the molecule is O=C(N[C@@H](Cc1ccccn1)C(=O)Nc1ccc(S(=O)(=O)NC2CCC2)cc1)c1ccc(F)cc1. The predicted molar refractivity (Wildman–Crippen MR) is 129 cm³/mol. The molecule has 182 valence electrons. The molecule has 1 aliphatic rings. The van der Waals surface area contributed by atoms with E-state index in [-0.39, 0.29) is 22.9 Å². The maximum Gasteiger partial charge on any atom is 0.251 e. The van der Waals surface area contributed by atoms with Crippen molar-refractivity contribution in [1.82, 2.24) is 15.0 Å². The average molecular weight is 497 g/mol. The normalized spacial score (nSPS) is 14.5. The highest BCUT2D eigenvalue weighted by Crippen LogP contribution is 2.22. The van der Waals surface area contributed by atoms with Gasteiger partial charge < -0.3 is 10.6 Å². The van der Waals surface area contributed by atoms with Gasteiger partial charge in [-0.2, -0.15) is 0 Å². The highest BCUT2D eigenvalue weighted by Gasteiger charge is 2.25. The number of nitrogens with one attached hydrogen (secondary N) is 3. The van der Waals surface area contributed by atoms with E-state index in [0.717, 1.165) is 31.4 Å². The number of hydrogen-bond acceptors (Lipinski definition) is 5. The van der Waals surface area contributed by atoms with Gasteiger partial charge in [-0.1, -0.05) is 12.5 Å². The van der Waals surface area contributed by atoms with Crippen LogP contribution in [0, 0.1) is 5.82 Å². The molecule has 10 heteroatoms. The molecule has 4 rings (SSSR count). The summed E-state index contributed by atoms with van der Waals surface area (Å²) in [7, 11) is -3.63. The minimum atomic E-state index is -3.63. The lowest BCUT2D eigenvalue weighted by Gasteiger charge is -2.26. The third kappa shape index (κ3) is 6.49. The van der Waals surface area contributed by atoms with Crippen LogP contribution in [0.3, 0.4) is 0 Å². The van der Waals surface area contributed by atoms with E-state index in [4.69, 9.17) is 0 Å². The summed E-state index contributed by atoms with van der Waals surface area (Å²) in [6.07, 6.45) is 4.37. The molecular weight excluding hydrogens is 471 g/mol. The largest absolute Gasteiger partial charge is 0.340 e. The molecule has 0 unspecified atom stereocenters. The van der Waals surface area contributed by atoms with Gasteiger partial charge in [0.25, 0.3) is 5.91 Å². The van der Waals surface area contributed by atoms with Crippen molar-refractivity contribution in [3.05, 3.63) is 90.0 Å². The van der Waals surface area contributed by atoms with Crippen LogP contribution in [-0.4, -0.2) is 37.3 Å². The summed E-state index contributed by atoms with van der Waals surface area (Å²) in [6.45, 7) is 0. The van der Waals surface area contributed by atoms with E-state index in [9.17, 15) is 22.4 Å². The molecule has 1 aromatic heterocycles. The lowest BCUT2D eigenvalue weighted by atomic mass is 9.94. The molecule has 2 aromatic carbocycles. The zero-order valence-electron chi connectivity index (χ0n) is 18.8. The average Bonchev–Trinajstić information content (AvgIpc) is 2.82. The molecule has 35 heavy (non-hydrogen) atoms. The van der Waals surface area contributed by atoms with E-state index < -0.39 is 33.7 Å². The lowest BCUT2D eigenvalue weighted by Crippen LogP contribution is -2.45. The van der Waals surface area contributed by atoms with Crippen LogP contribution in [-0.2, 0) is 21.2 Å². The quantitative estimate of drug-likeness (QED) is 0.421. The summed E-state index contributed by atoms with van der Waals surface area (Å²) in [4.78, 5) is 30.1. The lowest BCUT2D eigenvalue weighted by molar-refractivity contribution is -0.118. The number of pyridine rings is 1. The van der Waals surface area contributed by atoms with Gasteiger partial charge in [0.15, 0.2) is 0 Å². The summed E-state index contributed by atoms with van der Waals surface area (Å²) < 4.78 is 40.8. The first kappa shape index (κ1) is 24.5. The molecule has 1 fully saturated rings. The van der Waals surface area contributed by atoms with Gasteiger partial charge in [0.1, 0.15) is 11.9 Å². The maximum atomic E-state index is 13.2. The van der Waals surface area contributed by atoms with Gasteiger partial charge in [0.05, 0.1) is 4.90 Å².